The van der Waals surface area contributed by atoms with Crippen molar-refractivity contribution < 1.29 is 30.6 Å². The Labute approximate surface area is 115 Å². The van der Waals surface area contributed by atoms with E-state index in [1.807, 2.05) is 0 Å². The maximum absolute atomic E-state index is 12.9. The summed E-state index contributed by atoms with van der Waals surface area (Å²) < 4.78 is 65.6. The summed E-state index contributed by atoms with van der Waals surface area (Å²) in [5, 5.41) is 0. The molecule has 0 amide bonds. The molecule has 0 bridgehead atoms. The van der Waals surface area contributed by atoms with Crippen LogP contribution in [0.3, 0.4) is 0 Å². The molecule has 0 radical (unpaired) electrons. The summed E-state index contributed by atoms with van der Waals surface area (Å²) in [6.07, 6.45) is 0. The van der Waals surface area contributed by atoms with Gasteiger partial charge in [0.2, 0.25) is 5.85 Å². The van der Waals surface area contributed by atoms with Gasteiger partial charge < -0.3 is 9.05 Å². The van der Waals surface area contributed by atoms with Crippen LogP contribution in [0.1, 0.15) is 5.56 Å². The van der Waals surface area contributed by atoms with Gasteiger partial charge in [-0.2, -0.15) is 8.42 Å². The van der Waals surface area contributed by atoms with Gasteiger partial charge in [0.05, 0.1) is 0 Å². The summed E-state index contributed by atoms with van der Waals surface area (Å²) in [5.74, 6) is -2.03. The van der Waals surface area contributed by atoms with Crippen molar-refractivity contribution in [2.75, 3.05) is 14.2 Å². The van der Waals surface area contributed by atoms with Crippen LogP contribution >= 0.6 is 7.60 Å². The highest BCUT2D eigenvalue weighted by atomic mass is 32.2. The molecule has 0 fully saturated rings. The molecule has 0 saturated carbocycles. The zero-order chi connectivity index (χ0) is 15.0. The van der Waals surface area contributed by atoms with Gasteiger partial charge in [-0.05, 0) is 12.1 Å². The van der Waals surface area contributed by atoms with E-state index < -0.39 is 29.6 Å². The molecule has 1 heterocycles. The lowest BCUT2D eigenvalue weighted by Gasteiger charge is -2.19. The van der Waals surface area contributed by atoms with Crippen molar-refractivity contribution in [2.24, 2.45) is 4.40 Å². The van der Waals surface area contributed by atoms with Gasteiger partial charge in [-0.25, -0.2) is 8.57 Å². The molecule has 2 rings (SSSR count). The fourth-order valence-electron chi connectivity index (χ4n) is 1.63. The van der Waals surface area contributed by atoms with E-state index in [9.17, 15) is 17.4 Å². The molecule has 20 heavy (non-hydrogen) atoms. The minimum atomic E-state index is -4.24. The van der Waals surface area contributed by atoms with Crippen molar-refractivity contribution in [3.8, 4) is 0 Å². The van der Waals surface area contributed by atoms with E-state index in [-0.39, 0.29) is 11.3 Å². The van der Waals surface area contributed by atoms with Gasteiger partial charge in [-0.15, -0.1) is 4.40 Å². The molecule has 0 spiro atoms. The standard InChI is InChI=1S/C10H11FNO6PS/c1-16-19(13,17-2)10-9(12-20(14,15)18-10)7-3-5-8(11)6-4-7/h3-6,10H,1-2H3. The molecule has 1 aliphatic heterocycles. The number of benzene rings is 1. The molecule has 1 aromatic carbocycles. The Morgan fingerprint density at radius 2 is 1.80 bits per heavy atom. The number of hydrogen-bond acceptors (Lipinski definition) is 6. The molecule has 0 saturated heterocycles. The summed E-state index contributed by atoms with van der Waals surface area (Å²) >= 11 is 0. The molecule has 7 nitrogen and oxygen atoms in total. The average Bonchev–Trinajstić information content (AvgIpc) is 2.75. The van der Waals surface area contributed by atoms with Gasteiger partial charge in [0, 0.05) is 19.8 Å². The Hall–Kier alpha value is -1.12. The molecule has 1 aliphatic rings. The summed E-state index contributed by atoms with van der Waals surface area (Å²) in [5.41, 5.74) is 0.0869. The molecule has 1 aromatic rings. The number of hydrogen-bond donors (Lipinski definition) is 0. The van der Waals surface area contributed by atoms with Crippen molar-refractivity contribution in [3.63, 3.8) is 0 Å². The highest BCUT2D eigenvalue weighted by Gasteiger charge is 2.47. The smallest absolute Gasteiger partial charge is 0.310 e. The first kappa shape index (κ1) is 15.3. The topological polar surface area (TPSA) is 91.3 Å². The second-order valence-electron chi connectivity index (χ2n) is 3.76. The first-order chi connectivity index (χ1) is 9.31. The molecular formula is C10H11FNO6PS. The van der Waals surface area contributed by atoms with E-state index in [0.29, 0.717) is 0 Å². The zero-order valence-corrected chi connectivity index (χ0v) is 12.2. The van der Waals surface area contributed by atoms with E-state index in [4.69, 9.17) is 9.05 Å². The van der Waals surface area contributed by atoms with Crippen molar-refractivity contribution in [2.45, 2.75) is 5.85 Å². The van der Waals surface area contributed by atoms with Gasteiger partial charge >= 0.3 is 17.9 Å². The second kappa shape index (κ2) is 5.34. The van der Waals surface area contributed by atoms with Crippen molar-refractivity contribution >= 4 is 23.6 Å². The normalized spacial score (nSPS) is 21.8. The molecule has 0 aromatic heterocycles. The van der Waals surface area contributed by atoms with Crippen LogP contribution < -0.4 is 0 Å². The zero-order valence-electron chi connectivity index (χ0n) is 10.5. The van der Waals surface area contributed by atoms with Crippen molar-refractivity contribution in [3.05, 3.63) is 35.6 Å². The minimum absolute atomic E-state index is 0.156. The molecule has 10 heteroatoms. The predicted molar refractivity (Wildman–Crippen MR) is 68.4 cm³/mol. The SMILES string of the molecule is COP(=O)(OC)C1OS(=O)(=O)N=C1c1ccc(F)cc1. The monoisotopic (exact) mass is 323 g/mol. The summed E-state index contributed by atoms with van der Waals surface area (Å²) in [6, 6.07) is 4.82. The third kappa shape index (κ3) is 2.82. The maximum atomic E-state index is 12.9. The summed E-state index contributed by atoms with van der Waals surface area (Å²) in [7, 11) is -5.92. The van der Waals surface area contributed by atoms with Crippen LogP contribution in [0, 0.1) is 5.82 Å². The van der Waals surface area contributed by atoms with Gasteiger partial charge in [0.15, 0.2) is 0 Å². The summed E-state index contributed by atoms with van der Waals surface area (Å²) in [4.78, 5) is 0. The van der Waals surface area contributed by atoms with E-state index in [1.165, 1.54) is 12.1 Å². The fraction of sp³-hybridized carbons (Fsp3) is 0.300. The van der Waals surface area contributed by atoms with Crippen LogP contribution in [-0.2, 0) is 28.1 Å². The fourth-order valence-corrected chi connectivity index (χ4v) is 4.30. The van der Waals surface area contributed by atoms with Gasteiger partial charge in [-0.3, -0.25) is 4.57 Å². The van der Waals surface area contributed by atoms with Gasteiger partial charge in [0.1, 0.15) is 11.5 Å². The van der Waals surface area contributed by atoms with Gasteiger partial charge in [0.25, 0.3) is 0 Å². The van der Waals surface area contributed by atoms with E-state index in [1.54, 1.807) is 0 Å². The molecule has 1 atom stereocenters. The van der Waals surface area contributed by atoms with E-state index >= 15 is 0 Å². The van der Waals surface area contributed by atoms with Crippen LogP contribution in [0.2, 0.25) is 0 Å². The third-order valence-corrected chi connectivity index (χ3v) is 5.53. The Morgan fingerprint density at radius 1 is 1.25 bits per heavy atom. The molecule has 110 valence electrons. The van der Waals surface area contributed by atoms with Crippen LogP contribution in [0.25, 0.3) is 0 Å². The molecule has 0 aliphatic carbocycles. The van der Waals surface area contributed by atoms with Crippen LogP contribution in [-0.4, -0.2) is 34.2 Å². The van der Waals surface area contributed by atoms with E-state index in [2.05, 4.69) is 8.58 Å². The number of halogens is 1. The highest BCUT2D eigenvalue weighted by Crippen LogP contribution is 2.55. The first-order valence-corrected chi connectivity index (χ1v) is 8.29. The lowest BCUT2D eigenvalue weighted by Crippen LogP contribution is -2.22. The first-order valence-electron chi connectivity index (χ1n) is 5.31. The predicted octanol–water partition coefficient (Wildman–Crippen LogP) is 1.70. The highest BCUT2D eigenvalue weighted by molar-refractivity contribution is 7.86. The van der Waals surface area contributed by atoms with Crippen LogP contribution in [0.4, 0.5) is 4.39 Å². The lowest BCUT2D eigenvalue weighted by molar-refractivity contribution is 0.227. The largest absolute Gasteiger partial charge is 0.382 e. The Bertz CT molecular complexity index is 678. The number of nitrogens with zero attached hydrogens (tertiary/aromatic N) is 1. The quantitative estimate of drug-likeness (QED) is 0.783. The maximum Gasteiger partial charge on any atom is 0.382 e. The molecule has 1 unspecified atom stereocenters. The van der Waals surface area contributed by atoms with Crippen molar-refractivity contribution in [1.82, 2.24) is 0 Å². The Kier molecular flexibility index (Phi) is 4.08. The second-order valence-corrected chi connectivity index (χ2v) is 7.27. The Balaban J connectivity index is 2.52. The number of rotatable bonds is 4. The third-order valence-electron chi connectivity index (χ3n) is 2.59. The minimum Gasteiger partial charge on any atom is -0.310 e. The molecule has 0 N–H and O–H groups in total. The van der Waals surface area contributed by atoms with Crippen LogP contribution in [0.15, 0.2) is 28.7 Å². The summed E-state index contributed by atoms with van der Waals surface area (Å²) in [6.45, 7) is 0. The Morgan fingerprint density at radius 3 is 2.30 bits per heavy atom. The molecular weight excluding hydrogens is 312 g/mol. The van der Waals surface area contributed by atoms with Gasteiger partial charge in [-0.1, -0.05) is 12.1 Å². The average molecular weight is 323 g/mol. The van der Waals surface area contributed by atoms with Crippen molar-refractivity contribution in [1.29, 1.82) is 0 Å². The van der Waals surface area contributed by atoms with Crippen LogP contribution in [0.5, 0.6) is 0 Å². The lowest BCUT2D eigenvalue weighted by atomic mass is 10.1. The van der Waals surface area contributed by atoms with E-state index in [0.717, 1.165) is 26.4 Å².